The fourth-order valence-corrected chi connectivity index (χ4v) is 4.66. The highest BCUT2D eigenvalue weighted by molar-refractivity contribution is 7.85. The number of nitrogens with zero attached hydrogens (tertiary/aromatic N) is 1. The Kier molecular flexibility index (Phi) is 6.04. The molecular formula is C24H21N3O3S. The van der Waals surface area contributed by atoms with Gasteiger partial charge in [0.1, 0.15) is 6.04 Å². The summed E-state index contributed by atoms with van der Waals surface area (Å²) < 4.78 is 12.5. The van der Waals surface area contributed by atoms with Crippen molar-refractivity contribution in [2.45, 2.75) is 17.4 Å². The van der Waals surface area contributed by atoms with E-state index in [9.17, 15) is 13.8 Å². The van der Waals surface area contributed by atoms with Gasteiger partial charge in [0.05, 0.1) is 27.4 Å². The molecule has 3 N–H and O–H groups in total. The number of benzene rings is 3. The van der Waals surface area contributed by atoms with E-state index < -0.39 is 28.7 Å². The van der Waals surface area contributed by atoms with Crippen LogP contribution in [0.25, 0.3) is 21.8 Å². The molecule has 31 heavy (non-hydrogen) atoms. The normalized spacial score (nSPS) is 13.0. The molecule has 0 fully saturated rings. The van der Waals surface area contributed by atoms with Gasteiger partial charge in [-0.05, 0) is 30.7 Å². The Morgan fingerprint density at radius 2 is 1.42 bits per heavy atom. The first kappa shape index (κ1) is 20.7. The van der Waals surface area contributed by atoms with Crippen LogP contribution >= 0.6 is 0 Å². The SMILES string of the molecule is NC(=O)[C@@H](CC[S@](=O)c1ccccc1)NC(=O)c1c2ccccc2nc2ccccc12. The maximum absolute atomic E-state index is 13.3. The molecule has 0 aliphatic carbocycles. The molecule has 7 heteroatoms. The number of rotatable bonds is 7. The van der Waals surface area contributed by atoms with Crippen molar-refractivity contribution in [2.24, 2.45) is 5.73 Å². The van der Waals surface area contributed by atoms with Crippen LogP contribution in [0.1, 0.15) is 16.8 Å². The molecule has 2 amide bonds. The summed E-state index contributed by atoms with van der Waals surface area (Å²) in [6.45, 7) is 0. The van der Waals surface area contributed by atoms with Crippen molar-refractivity contribution in [1.82, 2.24) is 10.3 Å². The zero-order chi connectivity index (χ0) is 21.8. The Balaban J connectivity index is 1.61. The Hall–Kier alpha value is -3.58. The van der Waals surface area contributed by atoms with Crippen LogP contribution in [0.15, 0.2) is 83.8 Å². The number of hydrogen-bond acceptors (Lipinski definition) is 4. The average molecular weight is 432 g/mol. The van der Waals surface area contributed by atoms with Crippen molar-refractivity contribution < 1.29 is 13.8 Å². The van der Waals surface area contributed by atoms with E-state index in [0.29, 0.717) is 32.3 Å². The van der Waals surface area contributed by atoms with Crippen LogP contribution in [-0.4, -0.2) is 32.8 Å². The zero-order valence-corrected chi connectivity index (χ0v) is 17.5. The molecule has 0 aliphatic rings. The topological polar surface area (TPSA) is 102 Å². The third-order valence-corrected chi connectivity index (χ3v) is 6.47. The van der Waals surface area contributed by atoms with E-state index in [2.05, 4.69) is 10.3 Å². The van der Waals surface area contributed by atoms with Crippen LogP contribution in [0.3, 0.4) is 0 Å². The lowest BCUT2D eigenvalue weighted by atomic mass is 10.0. The molecule has 0 unspecified atom stereocenters. The predicted molar refractivity (Wildman–Crippen MR) is 122 cm³/mol. The molecular weight excluding hydrogens is 410 g/mol. The maximum Gasteiger partial charge on any atom is 0.253 e. The first-order valence-corrected chi connectivity index (χ1v) is 11.2. The first-order valence-electron chi connectivity index (χ1n) is 9.85. The number of hydrogen-bond donors (Lipinski definition) is 2. The van der Waals surface area contributed by atoms with Crippen LogP contribution in [0.4, 0.5) is 0 Å². The number of fused-ring (bicyclic) bond motifs is 2. The van der Waals surface area contributed by atoms with Crippen LogP contribution < -0.4 is 11.1 Å². The predicted octanol–water partition coefficient (Wildman–Crippen LogP) is 3.17. The van der Waals surface area contributed by atoms with E-state index >= 15 is 0 Å². The van der Waals surface area contributed by atoms with E-state index in [4.69, 9.17) is 5.73 Å². The maximum atomic E-state index is 13.3. The highest BCUT2D eigenvalue weighted by atomic mass is 32.2. The van der Waals surface area contributed by atoms with Crippen LogP contribution in [0, 0.1) is 0 Å². The number of aromatic nitrogens is 1. The first-order chi connectivity index (χ1) is 15.0. The van der Waals surface area contributed by atoms with Gasteiger partial charge < -0.3 is 11.1 Å². The third-order valence-electron chi connectivity index (χ3n) is 5.06. The third kappa shape index (κ3) is 4.46. The van der Waals surface area contributed by atoms with E-state index in [0.717, 1.165) is 0 Å². The highest BCUT2D eigenvalue weighted by Gasteiger charge is 2.23. The van der Waals surface area contributed by atoms with E-state index in [-0.39, 0.29) is 12.2 Å². The molecule has 156 valence electrons. The lowest BCUT2D eigenvalue weighted by Gasteiger charge is -2.17. The second-order valence-electron chi connectivity index (χ2n) is 7.10. The average Bonchev–Trinajstić information content (AvgIpc) is 2.80. The highest BCUT2D eigenvalue weighted by Crippen LogP contribution is 2.26. The number of amides is 2. The van der Waals surface area contributed by atoms with Crippen molar-refractivity contribution in [3.8, 4) is 0 Å². The van der Waals surface area contributed by atoms with Gasteiger partial charge in [-0.15, -0.1) is 0 Å². The molecule has 3 aromatic carbocycles. The second kappa shape index (κ2) is 9.06. The molecule has 0 saturated heterocycles. The molecule has 4 aromatic rings. The molecule has 0 saturated carbocycles. The molecule has 1 heterocycles. The minimum absolute atomic E-state index is 0.170. The number of carbonyl (C=O) groups is 2. The van der Waals surface area contributed by atoms with Crippen molar-refractivity contribution in [3.05, 3.63) is 84.4 Å². The Labute approximate surface area is 181 Å². The number of primary amides is 1. The number of carbonyl (C=O) groups excluding carboxylic acids is 2. The smallest absolute Gasteiger partial charge is 0.253 e. The van der Waals surface area contributed by atoms with Gasteiger partial charge >= 0.3 is 0 Å². The van der Waals surface area contributed by atoms with Gasteiger partial charge in [0.15, 0.2) is 0 Å². The fraction of sp³-hybridized carbons (Fsp3) is 0.125. The monoisotopic (exact) mass is 431 g/mol. The molecule has 1 aromatic heterocycles. The Morgan fingerprint density at radius 3 is 2.00 bits per heavy atom. The summed E-state index contributed by atoms with van der Waals surface area (Å²) in [7, 11) is -1.29. The minimum Gasteiger partial charge on any atom is -0.368 e. The van der Waals surface area contributed by atoms with Crippen LogP contribution in [0.2, 0.25) is 0 Å². The summed E-state index contributed by atoms with van der Waals surface area (Å²) in [6.07, 6.45) is 0.170. The van der Waals surface area contributed by atoms with Gasteiger partial charge in [-0.1, -0.05) is 54.6 Å². The van der Waals surface area contributed by atoms with Gasteiger partial charge in [0.25, 0.3) is 5.91 Å². The van der Waals surface area contributed by atoms with Gasteiger partial charge in [-0.2, -0.15) is 0 Å². The van der Waals surface area contributed by atoms with Gasteiger partial charge in [-0.3, -0.25) is 13.8 Å². The van der Waals surface area contributed by atoms with Gasteiger partial charge in [-0.25, -0.2) is 4.98 Å². The molecule has 0 aliphatic heterocycles. The standard InChI is InChI=1S/C24H21N3O3S/c25-23(28)21(14-15-31(30)16-8-2-1-3-9-16)27-24(29)22-17-10-4-6-12-19(17)26-20-13-7-5-11-18(20)22/h1-13,21H,14-15H2,(H2,25,28)(H,27,29)/t21-,31+/m1/s1. The summed E-state index contributed by atoms with van der Waals surface area (Å²) in [5.41, 5.74) is 7.36. The molecule has 0 bridgehead atoms. The summed E-state index contributed by atoms with van der Waals surface area (Å²) in [5, 5.41) is 4.13. The number of nitrogens with one attached hydrogen (secondary N) is 1. The Bertz CT molecular complexity index is 1240. The minimum atomic E-state index is -1.29. The molecule has 0 spiro atoms. The second-order valence-corrected chi connectivity index (χ2v) is 8.67. The quantitative estimate of drug-likeness (QED) is 0.439. The van der Waals surface area contributed by atoms with Crippen molar-refractivity contribution >= 4 is 44.4 Å². The summed E-state index contributed by atoms with van der Waals surface area (Å²) in [5.74, 6) is -0.874. The lowest BCUT2D eigenvalue weighted by Crippen LogP contribution is -2.45. The van der Waals surface area contributed by atoms with E-state index in [1.54, 1.807) is 24.3 Å². The van der Waals surface area contributed by atoms with Crippen LogP contribution in [0.5, 0.6) is 0 Å². The summed E-state index contributed by atoms with van der Waals surface area (Å²) in [4.78, 5) is 30.6. The summed E-state index contributed by atoms with van der Waals surface area (Å²) >= 11 is 0. The zero-order valence-electron chi connectivity index (χ0n) is 16.7. The van der Waals surface area contributed by atoms with E-state index in [1.165, 1.54) is 0 Å². The fourth-order valence-electron chi connectivity index (χ4n) is 3.52. The summed E-state index contributed by atoms with van der Waals surface area (Å²) in [6, 6.07) is 22.8. The number of para-hydroxylation sites is 2. The molecule has 4 rings (SSSR count). The Morgan fingerprint density at radius 1 is 0.871 bits per heavy atom. The molecule has 2 atom stereocenters. The van der Waals surface area contributed by atoms with Gasteiger partial charge in [0.2, 0.25) is 5.91 Å². The van der Waals surface area contributed by atoms with E-state index in [1.807, 2.05) is 54.6 Å². The van der Waals surface area contributed by atoms with Gasteiger partial charge in [0, 0.05) is 21.4 Å². The van der Waals surface area contributed by atoms with Crippen molar-refractivity contribution in [2.75, 3.05) is 5.75 Å². The van der Waals surface area contributed by atoms with Crippen molar-refractivity contribution in [1.29, 1.82) is 0 Å². The number of pyridine rings is 1. The number of nitrogens with two attached hydrogens (primary N) is 1. The van der Waals surface area contributed by atoms with Crippen LogP contribution in [-0.2, 0) is 15.6 Å². The molecule has 0 radical (unpaired) electrons. The molecule has 6 nitrogen and oxygen atoms in total. The van der Waals surface area contributed by atoms with Crippen molar-refractivity contribution in [3.63, 3.8) is 0 Å². The lowest BCUT2D eigenvalue weighted by molar-refractivity contribution is -0.119. The largest absolute Gasteiger partial charge is 0.368 e.